The molecule has 1 aromatic rings. The number of aliphatic carboxylic acids is 1. The van der Waals surface area contributed by atoms with E-state index in [0.29, 0.717) is 17.7 Å². The van der Waals surface area contributed by atoms with Gasteiger partial charge in [-0.15, -0.1) is 0 Å². The fraction of sp³-hybridized carbons (Fsp3) is 0.385. The van der Waals surface area contributed by atoms with Gasteiger partial charge in [0.25, 0.3) is 5.91 Å². The third-order valence-electron chi connectivity index (χ3n) is 2.55. The van der Waals surface area contributed by atoms with Crippen LogP contribution in [0.1, 0.15) is 22.3 Å². The molecule has 0 fully saturated rings. The molecule has 0 saturated heterocycles. The summed E-state index contributed by atoms with van der Waals surface area (Å²) >= 11 is 5.69. The van der Waals surface area contributed by atoms with Crippen LogP contribution in [0.25, 0.3) is 0 Å². The van der Waals surface area contributed by atoms with Gasteiger partial charge in [-0.25, -0.2) is 4.79 Å². The van der Waals surface area contributed by atoms with Crippen LogP contribution in [-0.2, 0) is 10.5 Å². The van der Waals surface area contributed by atoms with Crippen LogP contribution < -0.4 is 5.32 Å². The molecule has 6 heteroatoms. The number of carbonyl (C=O) groups is 2. The maximum atomic E-state index is 11.9. The van der Waals surface area contributed by atoms with E-state index < -0.39 is 12.0 Å². The Balaban J connectivity index is 2.68. The Morgan fingerprint density at radius 1 is 1.37 bits per heavy atom. The lowest BCUT2D eigenvalue weighted by atomic mass is 10.1. The second kappa shape index (κ2) is 8.12. The molecule has 0 aromatic heterocycles. The molecule has 4 nitrogen and oxygen atoms in total. The van der Waals surface area contributed by atoms with Crippen molar-refractivity contribution in [1.82, 2.24) is 5.32 Å². The zero-order valence-corrected chi connectivity index (χ0v) is 12.3. The normalized spacial score (nSPS) is 11.9. The van der Waals surface area contributed by atoms with Gasteiger partial charge in [0.15, 0.2) is 0 Å². The first-order valence-electron chi connectivity index (χ1n) is 5.81. The van der Waals surface area contributed by atoms with Gasteiger partial charge < -0.3 is 10.4 Å². The third kappa shape index (κ3) is 5.16. The SMILES string of the molecule is CSCc1ccc(C(=O)NC(CCS)C(=O)O)cc1. The van der Waals surface area contributed by atoms with Crippen LogP contribution in [0.3, 0.4) is 0 Å². The van der Waals surface area contributed by atoms with Gasteiger partial charge in [-0.05, 0) is 36.1 Å². The second-order valence-electron chi connectivity index (χ2n) is 4.01. The predicted octanol–water partition coefficient (Wildman–Crippen LogP) is 2.05. The molecule has 19 heavy (non-hydrogen) atoms. The van der Waals surface area contributed by atoms with Crippen LogP contribution in [0.2, 0.25) is 0 Å². The molecule has 2 N–H and O–H groups in total. The summed E-state index contributed by atoms with van der Waals surface area (Å²) in [6.45, 7) is 0. The standard InChI is InChI=1S/C13H17NO3S2/c1-19-8-9-2-4-10(5-3-9)12(15)14-11(6-7-18)13(16)17/h2-5,11,18H,6-8H2,1H3,(H,14,15)(H,16,17). The van der Waals surface area contributed by atoms with Crippen molar-refractivity contribution >= 4 is 36.3 Å². The number of amides is 1. The van der Waals surface area contributed by atoms with E-state index in [1.165, 1.54) is 0 Å². The van der Waals surface area contributed by atoms with Crippen LogP contribution >= 0.6 is 24.4 Å². The molecule has 1 amide bonds. The molecule has 0 aliphatic rings. The first-order chi connectivity index (χ1) is 9.08. The van der Waals surface area contributed by atoms with Crippen molar-refractivity contribution in [3.8, 4) is 0 Å². The van der Waals surface area contributed by atoms with E-state index in [1.807, 2.05) is 18.4 Å². The molecule has 0 spiro atoms. The van der Waals surface area contributed by atoms with Crippen molar-refractivity contribution in [2.75, 3.05) is 12.0 Å². The molecule has 0 radical (unpaired) electrons. The van der Waals surface area contributed by atoms with Crippen molar-refractivity contribution in [1.29, 1.82) is 0 Å². The van der Waals surface area contributed by atoms with E-state index in [1.54, 1.807) is 23.9 Å². The lowest BCUT2D eigenvalue weighted by molar-refractivity contribution is -0.139. The fourth-order valence-electron chi connectivity index (χ4n) is 1.55. The summed E-state index contributed by atoms with van der Waals surface area (Å²) in [7, 11) is 0. The topological polar surface area (TPSA) is 66.4 Å². The quantitative estimate of drug-likeness (QED) is 0.674. The fourth-order valence-corrected chi connectivity index (χ4v) is 2.33. The maximum absolute atomic E-state index is 11.9. The van der Waals surface area contributed by atoms with E-state index in [-0.39, 0.29) is 5.91 Å². The number of hydrogen-bond donors (Lipinski definition) is 3. The van der Waals surface area contributed by atoms with Gasteiger partial charge in [0.2, 0.25) is 0 Å². The molecule has 104 valence electrons. The van der Waals surface area contributed by atoms with Gasteiger partial charge in [-0.3, -0.25) is 4.79 Å². The van der Waals surface area contributed by atoms with Gasteiger partial charge in [-0.2, -0.15) is 24.4 Å². The number of hydrogen-bond acceptors (Lipinski definition) is 4. The van der Waals surface area contributed by atoms with Crippen molar-refractivity contribution in [3.63, 3.8) is 0 Å². The highest BCUT2D eigenvalue weighted by atomic mass is 32.2. The zero-order valence-electron chi connectivity index (χ0n) is 10.6. The van der Waals surface area contributed by atoms with Crippen molar-refractivity contribution in [2.45, 2.75) is 18.2 Å². The van der Waals surface area contributed by atoms with E-state index in [4.69, 9.17) is 5.11 Å². The highest BCUT2D eigenvalue weighted by Crippen LogP contribution is 2.11. The molecular weight excluding hydrogens is 282 g/mol. The molecule has 0 bridgehead atoms. The number of benzene rings is 1. The zero-order chi connectivity index (χ0) is 14.3. The number of nitrogens with one attached hydrogen (secondary N) is 1. The van der Waals surface area contributed by atoms with Crippen LogP contribution in [0, 0.1) is 0 Å². The summed E-state index contributed by atoms with van der Waals surface area (Å²) in [5.41, 5.74) is 1.60. The van der Waals surface area contributed by atoms with Gasteiger partial charge in [0, 0.05) is 11.3 Å². The number of rotatable bonds is 7. The molecule has 1 aromatic carbocycles. The van der Waals surface area contributed by atoms with Crippen LogP contribution in [0.4, 0.5) is 0 Å². The smallest absolute Gasteiger partial charge is 0.326 e. The Labute approximate surface area is 122 Å². The Morgan fingerprint density at radius 3 is 2.47 bits per heavy atom. The number of carbonyl (C=O) groups excluding carboxylic acids is 1. The molecule has 0 heterocycles. The lowest BCUT2D eigenvalue weighted by Gasteiger charge is -2.13. The summed E-state index contributed by atoms with van der Waals surface area (Å²) in [6.07, 6.45) is 2.31. The monoisotopic (exact) mass is 299 g/mol. The van der Waals surface area contributed by atoms with Crippen LogP contribution in [0.5, 0.6) is 0 Å². The number of carboxylic acid groups (broad SMARTS) is 1. The Bertz CT molecular complexity index is 434. The maximum Gasteiger partial charge on any atom is 0.326 e. The van der Waals surface area contributed by atoms with Gasteiger partial charge in [0.05, 0.1) is 0 Å². The Kier molecular flexibility index (Phi) is 6.80. The van der Waals surface area contributed by atoms with E-state index in [9.17, 15) is 9.59 Å². The average Bonchev–Trinajstić information content (AvgIpc) is 2.39. The number of thioether (sulfide) groups is 1. The summed E-state index contributed by atoms with van der Waals surface area (Å²) in [5, 5.41) is 11.5. The summed E-state index contributed by atoms with van der Waals surface area (Å²) in [4.78, 5) is 22.8. The molecule has 0 aliphatic carbocycles. The van der Waals surface area contributed by atoms with E-state index in [0.717, 1.165) is 11.3 Å². The van der Waals surface area contributed by atoms with E-state index >= 15 is 0 Å². The molecule has 1 atom stereocenters. The molecule has 0 saturated carbocycles. The van der Waals surface area contributed by atoms with Gasteiger partial charge in [0.1, 0.15) is 6.04 Å². The molecule has 0 aliphatic heterocycles. The highest BCUT2D eigenvalue weighted by molar-refractivity contribution is 7.97. The Morgan fingerprint density at radius 2 is 2.00 bits per heavy atom. The first kappa shape index (κ1) is 15.9. The van der Waals surface area contributed by atoms with Crippen molar-refractivity contribution in [3.05, 3.63) is 35.4 Å². The van der Waals surface area contributed by atoms with Crippen molar-refractivity contribution in [2.24, 2.45) is 0 Å². The first-order valence-corrected chi connectivity index (χ1v) is 7.83. The van der Waals surface area contributed by atoms with E-state index in [2.05, 4.69) is 17.9 Å². The van der Waals surface area contributed by atoms with Gasteiger partial charge in [-0.1, -0.05) is 12.1 Å². The summed E-state index contributed by atoms with van der Waals surface area (Å²) < 4.78 is 0. The average molecular weight is 299 g/mol. The Hall–Kier alpha value is -1.14. The predicted molar refractivity (Wildman–Crippen MR) is 81.0 cm³/mol. The van der Waals surface area contributed by atoms with Gasteiger partial charge >= 0.3 is 5.97 Å². The molecular formula is C13H17NO3S2. The molecule has 1 rings (SSSR count). The summed E-state index contributed by atoms with van der Waals surface area (Å²) in [6, 6.07) is 6.27. The number of thiol groups is 1. The minimum atomic E-state index is -1.04. The second-order valence-corrected chi connectivity index (χ2v) is 5.32. The largest absolute Gasteiger partial charge is 0.480 e. The highest BCUT2D eigenvalue weighted by Gasteiger charge is 2.19. The van der Waals surface area contributed by atoms with Crippen LogP contribution in [-0.4, -0.2) is 35.0 Å². The third-order valence-corrected chi connectivity index (χ3v) is 3.43. The minimum absolute atomic E-state index is 0.300. The van der Waals surface area contributed by atoms with Crippen LogP contribution in [0.15, 0.2) is 24.3 Å². The molecule has 1 unspecified atom stereocenters. The summed E-state index contributed by atoms with van der Waals surface area (Å²) in [5.74, 6) is -0.116. The lowest BCUT2D eigenvalue weighted by Crippen LogP contribution is -2.41. The number of carboxylic acids is 1. The van der Waals surface area contributed by atoms with Crippen molar-refractivity contribution < 1.29 is 14.7 Å². The minimum Gasteiger partial charge on any atom is -0.480 e.